The molecule has 3 N–H and O–H groups in total. The smallest absolute Gasteiger partial charge is 0.236 e. The molecule has 2 rings (SSSR count). The van der Waals surface area contributed by atoms with Gasteiger partial charge in [0.1, 0.15) is 5.25 Å². The molecule has 5 nitrogen and oxygen atoms in total. The number of aromatic nitrogens is 1. The molecule has 6 heteroatoms. The van der Waals surface area contributed by atoms with Crippen LogP contribution in [0.4, 0.5) is 5.69 Å². The van der Waals surface area contributed by atoms with E-state index in [4.69, 9.17) is 5.73 Å². The Morgan fingerprint density at radius 1 is 1.65 bits per heavy atom. The van der Waals surface area contributed by atoms with Gasteiger partial charge in [0.15, 0.2) is 0 Å². The molecule has 1 heterocycles. The number of nitrogens with one attached hydrogen (secondary N) is 1. The van der Waals surface area contributed by atoms with Crippen LogP contribution in [0.5, 0.6) is 0 Å². The second-order valence-electron chi connectivity index (χ2n) is 4.14. The average molecular weight is 253 g/mol. The summed E-state index contributed by atoms with van der Waals surface area (Å²) < 4.78 is 12.2. The normalized spacial score (nSPS) is 18.4. The van der Waals surface area contributed by atoms with Gasteiger partial charge in [-0.05, 0) is 25.8 Å². The van der Waals surface area contributed by atoms with Gasteiger partial charge in [-0.1, -0.05) is 0 Å². The Morgan fingerprint density at radius 3 is 2.94 bits per heavy atom. The number of nitrogens with two attached hydrogens (primary N) is 1. The summed E-state index contributed by atoms with van der Waals surface area (Å²) in [5, 5.41) is 2.24. The van der Waals surface area contributed by atoms with Crippen molar-refractivity contribution in [3.8, 4) is 0 Å². The summed E-state index contributed by atoms with van der Waals surface area (Å²) in [4.78, 5) is 16.1. The van der Waals surface area contributed by atoms with Gasteiger partial charge in [-0.3, -0.25) is 14.0 Å². The quantitative estimate of drug-likeness (QED) is 0.815. The first kappa shape index (κ1) is 12.0. The van der Waals surface area contributed by atoms with E-state index in [-0.39, 0.29) is 11.9 Å². The van der Waals surface area contributed by atoms with E-state index >= 15 is 0 Å². The zero-order chi connectivity index (χ0) is 12.4. The van der Waals surface area contributed by atoms with Crippen LogP contribution in [-0.2, 0) is 15.6 Å². The molecule has 92 valence electrons. The zero-order valence-corrected chi connectivity index (χ0v) is 10.4. The van der Waals surface area contributed by atoms with Gasteiger partial charge in [0.2, 0.25) is 5.91 Å². The maximum Gasteiger partial charge on any atom is 0.236 e. The first-order valence-electron chi connectivity index (χ1n) is 5.50. The van der Waals surface area contributed by atoms with E-state index in [1.807, 2.05) is 0 Å². The SMILES string of the molecule is CC(C(=O)NC1CC1)S(=O)c1ccncc1N. The van der Waals surface area contributed by atoms with Crippen LogP contribution >= 0.6 is 0 Å². The molecule has 0 aromatic carbocycles. The van der Waals surface area contributed by atoms with Crippen LogP contribution in [-0.4, -0.2) is 26.4 Å². The second-order valence-corrected chi connectivity index (χ2v) is 5.88. The van der Waals surface area contributed by atoms with Gasteiger partial charge in [-0.2, -0.15) is 0 Å². The third-order valence-electron chi connectivity index (χ3n) is 2.64. The van der Waals surface area contributed by atoms with E-state index < -0.39 is 16.0 Å². The third kappa shape index (κ3) is 2.82. The summed E-state index contributed by atoms with van der Waals surface area (Å²) in [5.74, 6) is -0.179. The second kappa shape index (κ2) is 4.83. The number of nitrogen functional groups attached to an aromatic ring is 1. The van der Waals surface area contributed by atoms with Crippen molar-refractivity contribution < 1.29 is 9.00 Å². The minimum Gasteiger partial charge on any atom is -0.396 e. The van der Waals surface area contributed by atoms with Crippen molar-refractivity contribution >= 4 is 22.4 Å². The Balaban J connectivity index is 2.08. The molecule has 0 saturated heterocycles. The van der Waals surface area contributed by atoms with Gasteiger partial charge in [0, 0.05) is 12.2 Å². The first-order chi connectivity index (χ1) is 8.09. The van der Waals surface area contributed by atoms with Crippen LogP contribution in [0.2, 0.25) is 0 Å². The van der Waals surface area contributed by atoms with Crippen molar-refractivity contribution in [2.75, 3.05) is 5.73 Å². The van der Waals surface area contributed by atoms with Gasteiger partial charge in [0.25, 0.3) is 0 Å². The Kier molecular flexibility index (Phi) is 3.42. The Labute approximate surface area is 102 Å². The lowest BCUT2D eigenvalue weighted by molar-refractivity contribution is -0.120. The van der Waals surface area contributed by atoms with Gasteiger partial charge < -0.3 is 11.1 Å². The fraction of sp³-hybridized carbons (Fsp3) is 0.455. The number of carbonyl (C=O) groups is 1. The number of anilines is 1. The van der Waals surface area contributed by atoms with Crippen LogP contribution in [0, 0.1) is 0 Å². The monoisotopic (exact) mass is 253 g/mol. The number of pyridine rings is 1. The molecule has 0 bridgehead atoms. The van der Waals surface area contributed by atoms with Crippen molar-refractivity contribution in [2.24, 2.45) is 0 Å². The average Bonchev–Trinajstić information content (AvgIpc) is 3.11. The highest BCUT2D eigenvalue weighted by atomic mass is 32.2. The molecular weight excluding hydrogens is 238 g/mol. The first-order valence-corrected chi connectivity index (χ1v) is 6.71. The Bertz CT molecular complexity index is 460. The highest BCUT2D eigenvalue weighted by Crippen LogP contribution is 2.21. The number of carbonyl (C=O) groups excluding carboxylic acids is 1. The molecule has 1 aromatic heterocycles. The lowest BCUT2D eigenvalue weighted by Gasteiger charge is -2.12. The van der Waals surface area contributed by atoms with Gasteiger partial charge in [-0.25, -0.2) is 0 Å². The topological polar surface area (TPSA) is 85.1 Å². The summed E-state index contributed by atoms with van der Waals surface area (Å²) >= 11 is 0. The van der Waals surface area contributed by atoms with Crippen molar-refractivity contribution in [1.82, 2.24) is 10.3 Å². The maximum absolute atomic E-state index is 12.2. The van der Waals surface area contributed by atoms with E-state index in [0.717, 1.165) is 12.8 Å². The highest BCUT2D eigenvalue weighted by molar-refractivity contribution is 7.86. The summed E-state index contributed by atoms with van der Waals surface area (Å²) in [6.45, 7) is 1.65. The van der Waals surface area contributed by atoms with Crippen molar-refractivity contribution in [3.05, 3.63) is 18.5 Å². The number of nitrogens with zero attached hydrogens (tertiary/aromatic N) is 1. The molecule has 2 atom stereocenters. The number of hydrogen-bond acceptors (Lipinski definition) is 4. The fourth-order valence-electron chi connectivity index (χ4n) is 1.41. The van der Waals surface area contributed by atoms with Gasteiger partial charge in [0.05, 0.1) is 27.6 Å². The van der Waals surface area contributed by atoms with Crippen LogP contribution in [0.1, 0.15) is 19.8 Å². The van der Waals surface area contributed by atoms with Crippen LogP contribution in [0.25, 0.3) is 0 Å². The van der Waals surface area contributed by atoms with Crippen molar-refractivity contribution in [1.29, 1.82) is 0 Å². The molecule has 0 aliphatic heterocycles. The fourth-order valence-corrected chi connectivity index (χ4v) is 2.53. The Hall–Kier alpha value is -1.43. The lowest BCUT2D eigenvalue weighted by atomic mass is 10.4. The van der Waals surface area contributed by atoms with E-state index in [9.17, 15) is 9.00 Å². The lowest BCUT2D eigenvalue weighted by Crippen LogP contribution is -2.36. The van der Waals surface area contributed by atoms with Crippen molar-refractivity contribution in [3.63, 3.8) is 0 Å². The molecule has 0 spiro atoms. The summed E-state index contributed by atoms with van der Waals surface area (Å²) in [6.07, 6.45) is 5.00. The van der Waals surface area contributed by atoms with E-state index in [1.165, 1.54) is 12.4 Å². The molecular formula is C11H15N3O2S. The van der Waals surface area contributed by atoms with Crippen molar-refractivity contribution in [2.45, 2.75) is 36.0 Å². The standard InChI is InChI=1S/C11H15N3O2S/c1-7(11(15)14-8-2-3-8)17(16)10-4-5-13-6-9(10)12/h4-8H,2-3,12H2,1H3,(H,14,15). The molecule has 1 aliphatic carbocycles. The molecule has 1 aromatic rings. The molecule has 2 unspecified atom stereocenters. The predicted octanol–water partition coefficient (Wildman–Crippen LogP) is 0.438. The summed E-state index contributed by atoms with van der Waals surface area (Å²) in [5.41, 5.74) is 6.04. The molecule has 0 radical (unpaired) electrons. The van der Waals surface area contributed by atoms with E-state index in [2.05, 4.69) is 10.3 Å². The van der Waals surface area contributed by atoms with Gasteiger partial charge in [-0.15, -0.1) is 0 Å². The molecule has 1 amide bonds. The number of hydrogen-bond donors (Lipinski definition) is 2. The van der Waals surface area contributed by atoms with E-state index in [0.29, 0.717) is 10.6 Å². The summed E-state index contributed by atoms with van der Waals surface area (Å²) in [6, 6.07) is 1.86. The molecule has 1 aliphatic rings. The van der Waals surface area contributed by atoms with E-state index in [1.54, 1.807) is 13.0 Å². The number of amides is 1. The largest absolute Gasteiger partial charge is 0.396 e. The minimum atomic E-state index is -1.44. The van der Waals surface area contributed by atoms with Crippen LogP contribution in [0.3, 0.4) is 0 Å². The predicted molar refractivity (Wildman–Crippen MR) is 65.7 cm³/mol. The van der Waals surface area contributed by atoms with Gasteiger partial charge >= 0.3 is 0 Å². The molecule has 17 heavy (non-hydrogen) atoms. The Morgan fingerprint density at radius 2 is 2.35 bits per heavy atom. The molecule has 1 fully saturated rings. The number of rotatable bonds is 4. The zero-order valence-electron chi connectivity index (χ0n) is 9.55. The molecule has 1 saturated carbocycles. The third-order valence-corrected chi connectivity index (χ3v) is 4.30. The maximum atomic E-state index is 12.2. The summed E-state index contributed by atoms with van der Waals surface area (Å²) in [7, 11) is -1.44. The minimum absolute atomic E-state index is 0.179. The van der Waals surface area contributed by atoms with Crippen LogP contribution in [0.15, 0.2) is 23.4 Å². The highest BCUT2D eigenvalue weighted by Gasteiger charge is 2.29. The van der Waals surface area contributed by atoms with Crippen LogP contribution < -0.4 is 11.1 Å².